The third-order valence-electron chi connectivity index (χ3n) is 2.85. The summed E-state index contributed by atoms with van der Waals surface area (Å²) in [4.78, 5) is 10.5. The minimum atomic E-state index is 0.467. The van der Waals surface area contributed by atoms with Gasteiger partial charge in [-0.3, -0.25) is 0 Å². The van der Waals surface area contributed by atoms with Crippen molar-refractivity contribution in [2.45, 2.75) is 20.8 Å². The molecule has 0 aliphatic carbocycles. The Morgan fingerprint density at radius 2 is 1.78 bits per heavy atom. The first-order valence-corrected chi connectivity index (χ1v) is 6.17. The minimum Gasteiger partial charge on any atom is -0.329 e. The van der Waals surface area contributed by atoms with Crippen molar-refractivity contribution >= 4 is 23.1 Å². The molecule has 3 nitrogen and oxygen atoms in total. The molecular formula is C14H16ClN3. The van der Waals surface area contributed by atoms with E-state index in [2.05, 4.69) is 42.0 Å². The summed E-state index contributed by atoms with van der Waals surface area (Å²) in [6, 6.07) is 8.11. The van der Waals surface area contributed by atoms with Gasteiger partial charge in [0, 0.05) is 18.8 Å². The van der Waals surface area contributed by atoms with Gasteiger partial charge in [0.05, 0.1) is 0 Å². The van der Waals surface area contributed by atoms with Crippen molar-refractivity contribution < 1.29 is 0 Å². The van der Waals surface area contributed by atoms with Crippen LogP contribution in [0.25, 0.3) is 0 Å². The maximum atomic E-state index is 5.97. The molecule has 0 bridgehead atoms. The van der Waals surface area contributed by atoms with E-state index in [9.17, 15) is 0 Å². The van der Waals surface area contributed by atoms with E-state index in [1.54, 1.807) is 6.07 Å². The first kappa shape index (κ1) is 12.8. The Bertz CT molecular complexity index is 561. The summed E-state index contributed by atoms with van der Waals surface area (Å²) in [5, 5.41) is 0.467. The second-order valence-corrected chi connectivity index (χ2v) is 4.83. The van der Waals surface area contributed by atoms with E-state index in [0.29, 0.717) is 11.0 Å². The fourth-order valence-corrected chi connectivity index (χ4v) is 2.21. The van der Waals surface area contributed by atoms with Gasteiger partial charge in [-0.15, -0.1) is 0 Å². The van der Waals surface area contributed by atoms with Crippen LogP contribution in [-0.4, -0.2) is 17.0 Å². The Balaban J connectivity index is 2.44. The van der Waals surface area contributed by atoms with E-state index < -0.39 is 0 Å². The van der Waals surface area contributed by atoms with Crippen molar-refractivity contribution in [2.24, 2.45) is 0 Å². The lowest BCUT2D eigenvalue weighted by atomic mass is 10.1. The van der Waals surface area contributed by atoms with Crippen LogP contribution in [0.15, 0.2) is 24.3 Å². The largest absolute Gasteiger partial charge is 0.329 e. The monoisotopic (exact) mass is 261 g/mol. The second-order valence-electron chi connectivity index (χ2n) is 4.45. The molecule has 0 aliphatic rings. The molecule has 4 heteroatoms. The molecule has 0 fully saturated rings. The molecule has 94 valence electrons. The molecule has 18 heavy (non-hydrogen) atoms. The summed E-state index contributed by atoms with van der Waals surface area (Å²) in [7, 11) is 1.98. The normalized spacial score (nSPS) is 10.5. The lowest BCUT2D eigenvalue weighted by molar-refractivity contribution is 1.01. The highest BCUT2D eigenvalue weighted by Crippen LogP contribution is 2.27. The minimum absolute atomic E-state index is 0.467. The lowest BCUT2D eigenvalue weighted by Crippen LogP contribution is -2.13. The van der Waals surface area contributed by atoms with E-state index >= 15 is 0 Å². The zero-order valence-corrected chi connectivity index (χ0v) is 11.8. The summed E-state index contributed by atoms with van der Waals surface area (Å²) >= 11 is 5.97. The van der Waals surface area contributed by atoms with Gasteiger partial charge in [0.15, 0.2) is 0 Å². The first-order chi connectivity index (χ1) is 8.47. The molecule has 0 spiro atoms. The average molecular weight is 262 g/mol. The predicted molar refractivity (Wildman–Crippen MR) is 75.8 cm³/mol. The topological polar surface area (TPSA) is 29.0 Å². The summed E-state index contributed by atoms with van der Waals surface area (Å²) in [5.41, 5.74) is 3.58. The fourth-order valence-electron chi connectivity index (χ4n) is 1.99. The van der Waals surface area contributed by atoms with Crippen molar-refractivity contribution in [3.05, 3.63) is 46.4 Å². The highest BCUT2D eigenvalue weighted by molar-refractivity contribution is 6.29. The van der Waals surface area contributed by atoms with Crippen molar-refractivity contribution in [1.82, 2.24) is 9.97 Å². The molecule has 1 aromatic heterocycles. The van der Waals surface area contributed by atoms with E-state index in [1.165, 1.54) is 11.1 Å². The molecule has 0 amide bonds. The Morgan fingerprint density at radius 1 is 1.06 bits per heavy atom. The van der Waals surface area contributed by atoms with Gasteiger partial charge in [0.25, 0.3) is 0 Å². The quantitative estimate of drug-likeness (QED) is 0.770. The highest BCUT2D eigenvalue weighted by atomic mass is 35.5. The fraction of sp³-hybridized carbons (Fsp3) is 0.286. The van der Waals surface area contributed by atoms with Crippen LogP contribution in [-0.2, 0) is 0 Å². The summed E-state index contributed by atoms with van der Waals surface area (Å²) in [5.74, 6) is 1.48. The molecule has 0 N–H and O–H groups in total. The summed E-state index contributed by atoms with van der Waals surface area (Å²) in [6.45, 7) is 6.02. The van der Waals surface area contributed by atoms with Gasteiger partial charge in [0.1, 0.15) is 16.8 Å². The van der Waals surface area contributed by atoms with Crippen LogP contribution >= 0.6 is 11.6 Å². The van der Waals surface area contributed by atoms with Gasteiger partial charge in [-0.2, -0.15) is 0 Å². The molecule has 1 aromatic carbocycles. The van der Waals surface area contributed by atoms with Gasteiger partial charge < -0.3 is 4.90 Å². The second kappa shape index (κ2) is 4.94. The number of benzene rings is 1. The van der Waals surface area contributed by atoms with E-state index in [4.69, 9.17) is 11.6 Å². The SMILES string of the molecule is Cc1ccc(N(C)c2cc(Cl)nc(C)n2)c(C)c1. The summed E-state index contributed by atoms with van der Waals surface area (Å²) in [6.07, 6.45) is 0. The summed E-state index contributed by atoms with van der Waals surface area (Å²) < 4.78 is 0. The number of hydrogen-bond donors (Lipinski definition) is 0. The zero-order valence-electron chi connectivity index (χ0n) is 11.0. The Morgan fingerprint density at radius 3 is 2.39 bits per heavy atom. The van der Waals surface area contributed by atoms with Gasteiger partial charge in [-0.05, 0) is 32.4 Å². The molecule has 1 heterocycles. The predicted octanol–water partition coefficient (Wildman–Crippen LogP) is 3.82. The third-order valence-corrected chi connectivity index (χ3v) is 3.04. The number of hydrogen-bond acceptors (Lipinski definition) is 3. The molecule has 0 saturated heterocycles. The van der Waals surface area contributed by atoms with Crippen molar-refractivity contribution in [1.29, 1.82) is 0 Å². The Kier molecular flexibility index (Phi) is 3.53. The van der Waals surface area contributed by atoms with Crippen LogP contribution in [0, 0.1) is 20.8 Å². The molecule has 0 aliphatic heterocycles. The lowest BCUT2D eigenvalue weighted by Gasteiger charge is -2.21. The van der Waals surface area contributed by atoms with Crippen LogP contribution in [0.4, 0.5) is 11.5 Å². The van der Waals surface area contributed by atoms with E-state index in [-0.39, 0.29) is 0 Å². The number of halogens is 1. The van der Waals surface area contributed by atoms with Crippen LogP contribution in [0.3, 0.4) is 0 Å². The third kappa shape index (κ3) is 2.62. The number of anilines is 2. The molecule has 2 rings (SSSR count). The maximum absolute atomic E-state index is 5.97. The van der Waals surface area contributed by atoms with E-state index in [0.717, 1.165) is 11.5 Å². The van der Waals surface area contributed by atoms with Gasteiger partial charge in [-0.25, -0.2) is 9.97 Å². The number of nitrogens with zero attached hydrogens (tertiary/aromatic N) is 3. The molecule has 2 aromatic rings. The molecule has 0 saturated carbocycles. The number of aryl methyl sites for hydroxylation is 3. The first-order valence-electron chi connectivity index (χ1n) is 5.79. The average Bonchev–Trinajstić information content (AvgIpc) is 2.26. The van der Waals surface area contributed by atoms with Crippen molar-refractivity contribution in [3.8, 4) is 0 Å². The smallest absolute Gasteiger partial charge is 0.137 e. The van der Waals surface area contributed by atoms with Crippen LogP contribution in [0.2, 0.25) is 5.15 Å². The van der Waals surface area contributed by atoms with Gasteiger partial charge in [0.2, 0.25) is 0 Å². The highest BCUT2D eigenvalue weighted by Gasteiger charge is 2.10. The van der Waals surface area contributed by atoms with Crippen LogP contribution in [0.5, 0.6) is 0 Å². The van der Waals surface area contributed by atoms with E-state index in [1.807, 2.05) is 18.9 Å². The standard InChI is InChI=1S/C14H16ClN3/c1-9-5-6-12(10(2)7-9)18(4)14-8-13(15)16-11(3)17-14/h5-8H,1-4H3. The molecule has 0 unspecified atom stereocenters. The van der Waals surface area contributed by atoms with Crippen molar-refractivity contribution in [3.63, 3.8) is 0 Å². The molecule has 0 radical (unpaired) electrons. The molecule has 0 atom stereocenters. The van der Waals surface area contributed by atoms with Gasteiger partial charge >= 0.3 is 0 Å². The Labute approximate surface area is 112 Å². The maximum Gasteiger partial charge on any atom is 0.137 e. The van der Waals surface area contributed by atoms with Gasteiger partial charge in [-0.1, -0.05) is 29.3 Å². The molecular weight excluding hydrogens is 246 g/mol. The van der Waals surface area contributed by atoms with Crippen molar-refractivity contribution in [2.75, 3.05) is 11.9 Å². The van der Waals surface area contributed by atoms with Crippen LogP contribution in [0.1, 0.15) is 17.0 Å². The van der Waals surface area contributed by atoms with Crippen LogP contribution < -0.4 is 4.90 Å². The number of rotatable bonds is 2. The zero-order chi connectivity index (χ0) is 13.3. The Hall–Kier alpha value is -1.61. The number of aromatic nitrogens is 2.